The number of aromatic amines is 1. The van der Waals surface area contributed by atoms with E-state index in [4.69, 9.17) is 9.47 Å². The topological polar surface area (TPSA) is 63.3 Å². The highest BCUT2D eigenvalue weighted by Gasteiger charge is 2.08. The van der Waals surface area contributed by atoms with E-state index in [0.717, 1.165) is 27.2 Å². The van der Waals surface area contributed by atoms with Crippen LogP contribution in [-0.2, 0) is 6.54 Å². The highest BCUT2D eigenvalue weighted by atomic mass is 32.2. The summed E-state index contributed by atoms with van der Waals surface area (Å²) in [6.07, 6.45) is 2.01. The van der Waals surface area contributed by atoms with Gasteiger partial charge in [-0.3, -0.25) is 4.79 Å². The molecule has 3 rings (SSSR count). The van der Waals surface area contributed by atoms with Gasteiger partial charge in [0.25, 0.3) is 5.56 Å². The van der Waals surface area contributed by atoms with E-state index in [2.05, 4.69) is 16.4 Å². The Morgan fingerprint density at radius 2 is 1.92 bits per heavy atom. The third-order valence-corrected chi connectivity index (χ3v) is 4.73. The number of fused-ring (bicyclic) bond motifs is 1. The minimum absolute atomic E-state index is 0.0919. The fourth-order valence-corrected chi connectivity index (χ4v) is 3.06. The molecule has 130 valence electrons. The molecule has 3 aromatic rings. The van der Waals surface area contributed by atoms with E-state index in [1.807, 2.05) is 36.6 Å². The van der Waals surface area contributed by atoms with Crippen molar-refractivity contribution < 1.29 is 9.47 Å². The number of H-pyrrole nitrogens is 1. The Morgan fingerprint density at radius 3 is 2.64 bits per heavy atom. The van der Waals surface area contributed by atoms with E-state index in [1.54, 1.807) is 32.0 Å². The number of benzene rings is 2. The van der Waals surface area contributed by atoms with Gasteiger partial charge >= 0.3 is 0 Å². The van der Waals surface area contributed by atoms with Crippen LogP contribution in [-0.4, -0.2) is 25.5 Å². The van der Waals surface area contributed by atoms with E-state index >= 15 is 0 Å². The molecule has 2 N–H and O–H groups in total. The average molecular weight is 356 g/mol. The smallest absolute Gasteiger partial charge is 0.253 e. The van der Waals surface area contributed by atoms with E-state index in [-0.39, 0.29) is 5.56 Å². The Labute approximate surface area is 150 Å². The average Bonchev–Trinajstić information content (AvgIpc) is 2.65. The number of anilines is 1. The standard InChI is InChI=1S/C19H20N2O3S/c1-23-14-5-7-16(18(9-14)24-2)20-11-13-8-12-4-6-15(25-3)10-17(12)21-19(13)22/h4-10,20H,11H2,1-3H3,(H,21,22). The normalized spacial score (nSPS) is 10.7. The molecule has 0 atom stereocenters. The highest BCUT2D eigenvalue weighted by Crippen LogP contribution is 2.29. The zero-order valence-electron chi connectivity index (χ0n) is 14.4. The number of ether oxygens (including phenoxy) is 2. The predicted molar refractivity (Wildman–Crippen MR) is 103 cm³/mol. The van der Waals surface area contributed by atoms with Gasteiger partial charge in [-0.15, -0.1) is 11.8 Å². The van der Waals surface area contributed by atoms with Gasteiger partial charge in [0.1, 0.15) is 11.5 Å². The van der Waals surface area contributed by atoms with Gasteiger partial charge < -0.3 is 19.8 Å². The van der Waals surface area contributed by atoms with Crippen molar-refractivity contribution in [1.82, 2.24) is 4.98 Å². The number of methoxy groups -OCH3 is 2. The van der Waals surface area contributed by atoms with Crippen LogP contribution in [0.5, 0.6) is 11.5 Å². The van der Waals surface area contributed by atoms with E-state index in [9.17, 15) is 4.79 Å². The lowest BCUT2D eigenvalue weighted by Crippen LogP contribution is -2.15. The molecule has 0 aliphatic rings. The summed E-state index contributed by atoms with van der Waals surface area (Å²) in [6, 6.07) is 13.5. The van der Waals surface area contributed by atoms with Crippen molar-refractivity contribution in [2.24, 2.45) is 0 Å². The molecule has 0 aliphatic carbocycles. The van der Waals surface area contributed by atoms with Crippen LogP contribution in [0.25, 0.3) is 10.9 Å². The van der Waals surface area contributed by atoms with Gasteiger partial charge in [0.05, 0.1) is 19.9 Å². The van der Waals surface area contributed by atoms with Gasteiger partial charge in [0, 0.05) is 28.6 Å². The number of rotatable bonds is 6. The molecular formula is C19H20N2O3S. The number of thioether (sulfide) groups is 1. The molecule has 0 amide bonds. The zero-order valence-corrected chi connectivity index (χ0v) is 15.2. The first-order valence-electron chi connectivity index (χ1n) is 7.80. The molecular weight excluding hydrogens is 336 g/mol. The Kier molecular flexibility index (Phi) is 5.19. The maximum atomic E-state index is 12.4. The number of hydrogen-bond donors (Lipinski definition) is 2. The van der Waals surface area contributed by atoms with Gasteiger partial charge in [-0.05, 0) is 42.0 Å². The summed E-state index contributed by atoms with van der Waals surface area (Å²) in [6.45, 7) is 0.401. The van der Waals surface area contributed by atoms with E-state index in [0.29, 0.717) is 17.9 Å². The Hall–Kier alpha value is -2.60. The van der Waals surface area contributed by atoms with Crippen molar-refractivity contribution in [1.29, 1.82) is 0 Å². The van der Waals surface area contributed by atoms with Crippen molar-refractivity contribution in [2.75, 3.05) is 25.8 Å². The van der Waals surface area contributed by atoms with Crippen LogP contribution in [0.4, 0.5) is 5.69 Å². The van der Waals surface area contributed by atoms with Crippen LogP contribution in [0.2, 0.25) is 0 Å². The molecule has 6 heteroatoms. The summed E-state index contributed by atoms with van der Waals surface area (Å²) in [5, 5.41) is 4.27. The minimum Gasteiger partial charge on any atom is -0.497 e. The third kappa shape index (κ3) is 3.74. The van der Waals surface area contributed by atoms with Crippen LogP contribution in [0, 0.1) is 0 Å². The zero-order chi connectivity index (χ0) is 17.8. The number of hydrogen-bond acceptors (Lipinski definition) is 5. The second-order valence-corrected chi connectivity index (χ2v) is 6.38. The molecule has 0 radical (unpaired) electrons. The number of nitrogens with one attached hydrogen (secondary N) is 2. The first kappa shape index (κ1) is 17.2. The van der Waals surface area contributed by atoms with Gasteiger partial charge in [-0.25, -0.2) is 0 Å². The lowest BCUT2D eigenvalue weighted by Gasteiger charge is -2.12. The van der Waals surface area contributed by atoms with Crippen molar-refractivity contribution in [3.8, 4) is 11.5 Å². The monoisotopic (exact) mass is 356 g/mol. The summed E-state index contributed by atoms with van der Waals surface area (Å²) < 4.78 is 10.6. The first-order chi connectivity index (χ1) is 12.1. The molecule has 0 fully saturated rings. The van der Waals surface area contributed by atoms with Crippen LogP contribution in [0.3, 0.4) is 0 Å². The molecule has 0 saturated heterocycles. The largest absolute Gasteiger partial charge is 0.497 e. The van der Waals surface area contributed by atoms with Crippen LogP contribution >= 0.6 is 11.8 Å². The molecule has 0 saturated carbocycles. The molecule has 0 spiro atoms. The lowest BCUT2D eigenvalue weighted by molar-refractivity contribution is 0.395. The van der Waals surface area contributed by atoms with Gasteiger partial charge in [0.2, 0.25) is 0 Å². The van der Waals surface area contributed by atoms with E-state index in [1.165, 1.54) is 0 Å². The van der Waals surface area contributed by atoms with Crippen LogP contribution in [0.15, 0.2) is 52.2 Å². The quantitative estimate of drug-likeness (QED) is 0.656. The highest BCUT2D eigenvalue weighted by molar-refractivity contribution is 7.98. The van der Waals surface area contributed by atoms with Crippen molar-refractivity contribution in [3.63, 3.8) is 0 Å². The fraction of sp³-hybridized carbons (Fsp3) is 0.211. The van der Waals surface area contributed by atoms with Crippen molar-refractivity contribution in [3.05, 3.63) is 58.4 Å². The minimum atomic E-state index is -0.0919. The van der Waals surface area contributed by atoms with Crippen LogP contribution < -0.4 is 20.3 Å². The molecule has 5 nitrogen and oxygen atoms in total. The summed E-state index contributed by atoms with van der Waals surface area (Å²) in [5.74, 6) is 1.39. The summed E-state index contributed by atoms with van der Waals surface area (Å²) in [7, 11) is 3.21. The SMILES string of the molecule is COc1ccc(NCc2cc3ccc(SC)cc3[nH]c2=O)c(OC)c1. The molecule has 0 unspecified atom stereocenters. The third-order valence-electron chi connectivity index (χ3n) is 4.01. The lowest BCUT2D eigenvalue weighted by atomic mass is 10.1. The Balaban J connectivity index is 1.86. The second-order valence-electron chi connectivity index (χ2n) is 5.50. The van der Waals surface area contributed by atoms with Gasteiger partial charge in [0.15, 0.2) is 0 Å². The summed E-state index contributed by atoms with van der Waals surface area (Å²) in [4.78, 5) is 16.4. The van der Waals surface area contributed by atoms with Gasteiger partial charge in [-0.2, -0.15) is 0 Å². The molecule has 0 aliphatic heterocycles. The molecule has 1 aromatic heterocycles. The van der Waals surface area contributed by atoms with Crippen molar-refractivity contribution in [2.45, 2.75) is 11.4 Å². The van der Waals surface area contributed by atoms with Crippen LogP contribution in [0.1, 0.15) is 5.56 Å². The van der Waals surface area contributed by atoms with E-state index < -0.39 is 0 Å². The van der Waals surface area contributed by atoms with Gasteiger partial charge in [-0.1, -0.05) is 6.07 Å². The molecule has 25 heavy (non-hydrogen) atoms. The first-order valence-corrected chi connectivity index (χ1v) is 9.03. The maximum absolute atomic E-state index is 12.4. The fourth-order valence-electron chi connectivity index (χ4n) is 2.62. The summed E-state index contributed by atoms with van der Waals surface area (Å²) >= 11 is 1.65. The second kappa shape index (κ2) is 7.53. The molecule has 0 bridgehead atoms. The van der Waals surface area contributed by atoms with Crippen molar-refractivity contribution >= 4 is 28.4 Å². The Morgan fingerprint density at radius 1 is 1.08 bits per heavy atom. The Bertz CT molecular complexity index is 953. The maximum Gasteiger partial charge on any atom is 0.253 e. The predicted octanol–water partition coefficient (Wildman–Crippen LogP) is 3.88. The summed E-state index contributed by atoms with van der Waals surface area (Å²) in [5.41, 5.74) is 2.23. The number of pyridine rings is 1. The molecule has 2 aromatic carbocycles. The number of aromatic nitrogens is 1. The molecule has 1 heterocycles.